The zero-order chi connectivity index (χ0) is 58.2. The Morgan fingerprint density at radius 3 is 0.738 bits per heavy atom. The number of pyridine rings is 2. The normalized spacial score (nSPS) is 14.5. The Labute approximate surface area is 480 Å². The van der Waals surface area contributed by atoms with Gasteiger partial charge < -0.3 is 0 Å². The van der Waals surface area contributed by atoms with Crippen molar-refractivity contribution in [3.8, 4) is 0 Å². The number of nitrogens with zero attached hydrogens (tertiary/aromatic N) is 4. The summed E-state index contributed by atoms with van der Waals surface area (Å²) in [6, 6.07) is 61.7. The van der Waals surface area contributed by atoms with E-state index < -0.39 is 35.5 Å². The maximum absolute atomic E-state index is 13.6. The molecule has 12 heteroatoms. The second-order valence-corrected chi connectivity index (χ2v) is 20.4. The number of Topliss-reactive ketones (excluding diaryl/α,β-unsaturated/α-hetero) is 4. The number of ketones is 4. The topological polar surface area (TPSA) is 169 Å². The third-order valence-corrected chi connectivity index (χ3v) is 15.9. The minimum absolute atomic E-state index is 0.289. The van der Waals surface area contributed by atoms with E-state index in [2.05, 4.69) is 0 Å². The molecule has 0 N–H and O–H groups in total. The lowest BCUT2D eigenvalue weighted by molar-refractivity contribution is 0.0872. The summed E-state index contributed by atoms with van der Waals surface area (Å²) in [5, 5.41) is 8.38. The van der Waals surface area contributed by atoms with E-state index >= 15 is 0 Å². The third kappa shape index (κ3) is 8.12. The third-order valence-electron chi connectivity index (χ3n) is 15.9. The van der Waals surface area contributed by atoms with E-state index in [0.717, 1.165) is 52.9 Å². The van der Waals surface area contributed by atoms with Gasteiger partial charge >= 0.3 is 0 Å². The molecule has 16 rings (SSSR count). The number of fused-ring (bicyclic) bond motifs is 10. The molecule has 0 spiro atoms. The van der Waals surface area contributed by atoms with Gasteiger partial charge in [-0.25, -0.2) is 19.8 Å². The lowest BCUT2D eigenvalue weighted by Gasteiger charge is -2.17. The Kier molecular flexibility index (Phi) is 12.8. The number of para-hydroxylation sites is 2. The first-order valence-electron chi connectivity index (χ1n) is 27.8. The number of hydrogen-bond acceptors (Lipinski definition) is 10. The molecule has 2 aliphatic heterocycles. The zero-order valence-electron chi connectivity index (χ0n) is 45.8. The van der Waals surface area contributed by atoms with Crippen molar-refractivity contribution in [2.24, 2.45) is 0 Å². The maximum atomic E-state index is 13.6. The summed E-state index contributed by atoms with van der Waals surface area (Å²) < 4.78 is 0. The summed E-state index contributed by atoms with van der Waals surface area (Å²) >= 11 is 0. The van der Waals surface area contributed by atoms with Crippen LogP contribution in [0.4, 0.5) is 11.4 Å². The highest BCUT2D eigenvalue weighted by atomic mass is 16.2. The van der Waals surface area contributed by atoms with Gasteiger partial charge in [-0.3, -0.25) is 38.4 Å². The van der Waals surface area contributed by atoms with Gasteiger partial charge in [0.05, 0.1) is 56.0 Å². The minimum atomic E-state index is -1.09. The summed E-state index contributed by atoms with van der Waals surface area (Å²) in [5.41, 5.74) is 4.84. The van der Waals surface area contributed by atoms with Crippen molar-refractivity contribution in [3.05, 3.63) is 262 Å². The number of carbonyl (C=O) groups excluding carboxylic acids is 8. The van der Waals surface area contributed by atoms with Crippen LogP contribution >= 0.6 is 0 Å². The van der Waals surface area contributed by atoms with Gasteiger partial charge in [0.25, 0.3) is 23.6 Å². The quantitative estimate of drug-likeness (QED) is 0.122. The number of aromatic nitrogens is 2. The molecule has 4 heterocycles. The second kappa shape index (κ2) is 20.5. The largest absolute Gasteiger partial charge is 0.293 e. The molecule has 2 aliphatic carbocycles. The number of benzene rings is 10. The molecule has 12 nitrogen and oxygen atoms in total. The van der Waals surface area contributed by atoms with Crippen LogP contribution in [0.3, 0.4) is 0 Å². The van der Waals surface area contributed by atoms with Crippen molar-refractivity contribution >= 4 is 123 Å². The van der Waals surface area contributed by atoms with E-state index in [1.807, 2.05) is 137 Å². The molecule has 0 saturated heterocycles. The first-order valence-corrected chi connectivity index (χ1v) is 27.8. The number of anilines is 2. The Hall–Kier alpha value is -11.0. The average Bonchev–Trinajstić information content (AvgIpc) is 2.11. The van der Waals surface area contributed by atoms with Crippen LogP contribution in [0, 0.1) is 0 Å². The maximum Gasteiger partial charge on any atom is 0.266 e. The fourth-order valence-electron chi connectivity index (χ4n) is 12.0. The SMILES string of the molecule is CC.CC.O=C1c2cc3ccccc3cc2C(=O)C1c1ccc2cccc(N3C(=O)c4cc5ccccc5cc4C3=O)c2n1.O=C1c2cc3ccccc3cc2C(=O)C1c1ccc2cccc(N3C(=O)c4cc5ccccc5cc4C3=O)c2n1. The average molecular weight is 1100 g/mol. The minimum Gasteiger partial charge on any atom is -0.293 e. The Morgan fingerprint density at radius 1 is 0.262 bits per heavy atom. The molecule has 0 bridgehead atoms. The van der Waals surface area contributed by atoms with Gasteiger partial charge in [-0.15, -0.1) is 0 Å². The fraction of sp³-hybridized carbons (Fsp3) is 0.0833. The summed E-state index contributed by atoms with van der Waals surface area (Å²) in [7, 11) is 0. The number of carbonyl (C=O) groups is 8. The molecule has 0 saturated carbocycles. The lowest BCUT2D eigenvalue weighted by atomic mass is 9.98. The van der Waals surface area contributed by atoms with Gasteiger partial charge in [0.15, 0.2) is 23.1 Å². The van der Waals surface area contributed by atoms with Crippen LogP contribution < -0.4 is 9.80 Å². The molecule has 84 heavy (non-hydrogen) atoms. The Bertz CT molecular complexity index is 4420. The van der Waals surface area contributed by atoms with Crippen LogP contribution in [0.25, 0.3) is 64.9 Å². The molecule has 0 atom stereocenters. The van der Waals surface area contributed by atoms with E-state index in [4.69, 9.17) is 9.97 Å². The fourth-order valence-corrected chi connectivity index (χ4v) is 12.0. The van der Waals surface area contributed by atoms with Gasteiger partial charge in [-0.1, -0.05) is 161 Å². The van der Waals surface area contributed by atoms with Crippen molar-refractivity contribution in [3.63, 3.8) is 0 Å². The molecule has 10 aromatic carbocycles. The molecule has 4 aliphatic rings. The number of amides is 4. The van der Waals surface area contributed by atoms with Crippen LogP contribution in [0.1, 0.15) is 134 Å². The molecular formula is C72H48N4O8. The summed E-state index contributed by atoms with van der Waals surface area (Å²) in [6.07, 6.45) is 0. The summed E-state index contributed by atoms with van der Waals surface area (Å²) in [5.74, 6) is -5.12. The van der Waals surface area contributed by atoms with Crippen LogP contribution in [0.15, 0.2) is 206 Å². The van der Waals surface area contributed by atoms with Crippen molar-refractivity contribution in [2.45, 2.75) is 39.5 Å². The number of rotatable bonds is 4. The Morgan fingerprint density at radius 2 is 0.488 bits per heavy atom. The van der Waals surface area contributed by atoms with Crippen molar-refractivity contribution < 1.29 is 38.4 Å². The Balaban J connectivity index is 0.000000148. The van der Waals surface area contributed by atoms with Crippen LogP contribution in [-0.2, 0) is 0 Å². The van der Waals surface area contributed by atoms with E-state index in [1.54, 1.807) is 97.1 Å². The van der Waals surface area contributed by atoms with E-state index in [-0.39, 0.29) is 34.5 Å². The van der Waals surface area contributed by atoms with E-state index in [9.17, 15) is 38.4 Å². The van der Waals surface area contributed by atoms with Crippen LogP contribution in [0.5, 0.6) is 0 Å². The number of hydrogen-bond donors (Lipinski definition) is 0. The monoisotopic (exact) mass is 1100 g/mol. The van der Waals surface area contributed by atoms with E-state index in [0.29, 0.717) is 77.7 Å². The zero-order valence-corrected chi connectivity index (χ0v) is 45.8. The van der Waals surface area contributed by atoms with Crippen molar-refractivity contribution in [1.29, 1.82) is 0 Å². The van der Waals surface area contributed by atoms with Gasteiger partial charge in [-0.05, 0) is 116 Å². The molecular weight excluding hydrogens is 1050 g/mol. The van der Waals surface area contributed by atoms with Gasteiger partial charge in [-0.2, -0.15) is 0 Å². The van der Waals surface area contributed by atoms with Crippen molar-refractivity contribution in [2.75, 3.05) is 9.80 Å². The molecule has 4 amide bonds. The summed E-state index contributed by atoms with van der Waals surface area (Å²) in [4.78, 5) is 120. The molecule has 12 aromatic rings. The highest BCUT2D eigenvalue weighted by Crippen LogP contribution is 2.42. The van der Waals surface area contributed by atoms with Gasteiger partial charge in [0.1, 0.15) is 11.8 Å². The predicted octanol–water partition coefficient (Wildman–Crippen LogP) is 15.1. The molecule has 0 radical (unpaired) electrons. The molecule has 404 valence electrons. The first-order chi connectivity index (χ1) is 41.0. The van der Waals surface area contributed by atoms with E-state index in [1.165, 1.54) is 0 Å². The van der Waals surface area contributed by atoms with Crippen LogP contribution in [-0.4, -0.2) is 56.7 Å². The first kappa shape index (κ1) is 52.4. The van der Waals surface area contributed by atoms with Gasteiger partial charge in [0, 0.05) is 33.0 Å². The molecule has 0 fully saturated rings. The second-order valence-electron chi connectivity index (χ2n) is 20.4. The predicted molar refractivity (Wildman–Crippen MR) is 327 cm³/mol. The highest BCUT2D eigenvalue weighted by molar-refractivity contribution is 6.38. The smallest absolute Gasteiger partial charge is 0.266 e. The highest BCUT2D eigenvalue weighted by Gasteiger charge is 2.44. The number of imide groups is 2. The lowest BCUT2D eigenvalue weighted by Crippen LogP contribution is -2.29. The van der Waals surface area contributed by atoms with Gasteiger partial charge in [0.2, 0.25) is 0 Å². The van der Waals surface area contributed by atoms with Crippen molar-refractivity contribution in [1.82, 2.24) is 9.97 Å². The summed E-state index contributed by atoms with van der Waals surface area (Å²) in [6.45, 7) is 8.00. The molecule has 0 unspecified atom stereocenters. The molecule has 2 aromatic heterocycles. The van der Waals surface area contributed by atoms with Crippen LogP contribution in [0.2, 0.25) is 0 Å². The standard InChI is InChI=1S/2C34H18N2O4.2C2H6/c2*37-31-23-14-19-6-1-2-7-20(19)15-24(23)32(38)29(31)27-13-12-18-10-5-11-28(30(18)35-27)36-33(39)25-16-21-8-3-4-9-22(21)17-26(25)34(36)40;2*1-2/h2*1-17,29H;2*1-2H3.